The van der Waals surface area contributed by atoms with Gasteiger partial charge < -0.3 is 5.32 Å². The smallest absolute Gasteiger partial charge is 0.288 e. The number of rotatable bonds is 3. The van der Waals surface area contributed by atoms with Crippen LogP contribution in [0, 0.1) is 0 Å². The van der Waals surface area contributed by atoms with Gasteiger partial charge in [-0.05, 0) is 13.8 Å². The summed E-state index contributed by atoms with van der Waals surface area (Å²) in [5, 5.41) is 16.4. The van der Waals surface area contributed by atoms with Gasteiger partial charge >= 0.3 is 0 Å². The van der Waals surface area contributed by atoms with Crippen molar-refractivity contribution in [3.8, 4) is 5.95 Å². The number of carbonyl (C=O) groups is 1. The van der Waals surface area contributed by atoms with Gasteiger partial charge in [0.25, 0.3) is 11.9 Å². The Labute approximate surface area is 91.1 Å². The molecule has 0 unspecified atom stereocenters. The third kappa shape index (κ3) is 2.05. The van der Waals surface area contributed by atoms with Crippen LogP contribution in [0.5, 0.6) is 0 Å². The van der Waals surface area contributed by atoms with Gasteiger partial charge in [-0.15, -0.1) is 15.3 Å². The first-order valence-electron chi connectivity index (χ1n) is 4.75. The Morgan fingerprint density at radius 1 is 1.44 bits per heavy atom. The topological polar surface area (TPSA) is 101 Å². The lowest BCUT2D eigenvalue weighted by Gasteiger charge is -2.04. The monoisotopic (exact) mass is 221 g/mol. The highest BCUT2D eigenvalue weighted by Gasteiger charge is 2.13. The van der Waals surface area contributed by atoms with Crippen LogP contribution in [0.15, 0.2) is 12.7 Å². The summed E-state index contributed by atoms with van der Waals surface area (Å²) in [6.07, 6.45) is 2.90. The Morgan fingerprint density at radius 3 is 2.75 bits per heavy atom. The summed E-state index contributed by atoms with van der Waals surface area (Å²) in [5.41, 5.74) is 0. The summed E-state index contributed by atoms with van der Waals surface area (Å²) < 4.78 is 1.50. The van der Waals surface area contributed by atoms with Gasteiger partial charge in [0.05, 0.1) is 0 Å². The van der Waals surface area contributed by atoms with E-state index in [1.807, 2.05) is 13.8 Å². The van der Waals surface area contributed by atoms with Gasteiger partial charge in [-0.3, -0.25) is 14.5 Å². The van der Waals surface area contributed by atoms with Crippen LogP contribution in [0.25, 0.3) is 5.95 Å². The Morgan fingerprint density at radius 2 is 2.12 bits per heavy atom. The lowest BCUT2D eigenvalue weighted by molar-refractivity contribution is 0.0933. The van der Waals surface area contributed by atoms with Gasteiger partial charge in [0.2, 0.25) is 5.82 Å². The summed E-state index contributed by atoms with van der Waals surface area (Å²) >= 11 is 0. The van der Waals surface area contributed by atoms with Gasteiger partial charge in [-0.2, -0.15) is 4.98 Å². The van der Waals surface area contributed by atoms with E-state index in [4.69, 9.17) is 0 Å². The normalized spacial score (nSPS) is 10.7. The molecule has 2 heterocycles. The minimum Gasteiger partial charge on any atom is -0.347 e. The first-order valence-corrected chi connectivity index (χ1v) is 4.75. The second-order valence-corrected chi connectivity index (χ2v) is 3.48. The van der Waals surface area contributed by atoms with Crippen molar-refractivity contribution in [2.45, 2.75) is 19.9 Å². The van der Waals surface area contributed by atoms with Crippen molar-refractivity contribution in [3.05, 3.63) is 18.5 Å². The zero-order chi connectivity index (χ0) is 11.5. The number of nitrogens with zero attached hydrogens (tertiary/aromatic N) is 5. The molecule has 2 rings (SSSR count). The maximum atomic E-state index is 11.6. The summed E-state index contributed by atoms with van der Waals surface area (Å²) in [6.45, 7) is 3.74. The first kappa shape index (κ1) is 10.3. The second-order valence-electron chi connectivity index (χ2n) is 3.48. The number of amides is 1. The fraction of sp³-hybridized carbons (Fsp3) is 0.375. The van der Waals surface area contributed by atoms with E-state index in [0.717, 1.165) is 0 Å². The fourth-order valence-corrected chi connectivity index (χ4v) is 1.10. The summed E-state index contributed by atoms with van der Waals surface area (Å²) in [7, 11) is 0. The summed E-state index contributed by atoms with van der Waals surface area (Å²) in [4.78, 5) is 15.6. The maximum absolute atomic E-state index is 11.6. The molecule has 0 radical (unpaired) electrons. The second kappa shape index (κ2) is 4.09. The van der Waals surface area contributed by atoms with Crippen LogP contribution in [-0.4, -0.2) is 41.9 Å². The maximum Gasteiger partial charge on any atom is 0.288 e. The van der Waals surface area contributed by atoms with E-state index < -0.39 is 0 Å². The molecular formula is C8H11N7O. The van der Waals surface area contributed by atoms with Crippen LogP contribution in [0.3, 0.4) is 0 Å². The molecule has 0 bridgehead atoms. The fourth-order valence-electron chi connectivity index (χ4n) is 1.10. The third-order valence-electron chi connectivity index (χ3n) is 1.76. The van der Waals surface area contributed by atoms with Crippen LogP contribution >= 0.6 is 0 Å². The van der Waals surface area contributed by atoms with Gasteiger partial charge in [0.1, 0.15) is 12.7 Å². The number of aromatic nitrogens is 6. The van der Waals surface area contributed by atoms with Gasteiger partial charge in [-0.25, -0.2) is 0 Å². The lowest BCUT2D eigenvalue weighted by atomic mass is 10.4. The zero-order valence-electron chi connectivity index (χ0n) is 8.88. The molecular weight excluding hydrogens is 210 g/mol. The number of carbonyl (C=O) groups excluding carboxylic acids is 1. The number of H-pyrrole nitrogens is 1. The number of hydrogen-bond acceptors (Lipinski definition) is 5. The largest absolute Gasteiger partial charge is 0.347 e. The molecule has 0 fully saturated rings. The zero-order valence-corrected chi connectivity index (χ0v) is 8.88. The molecule has 0 aromatic carbocycles. The molecule has 1 amide bonds. The van der Waals surface area contributed by atoms with Crippen molar-refractivity contribution < 1.29 is 4.79 Å². The molecule has 8 nitrogen and oxygen atoms in total. The van der Waals surface area contributed by atoms with Crippen LogP contribution in [0.4, 0.5) is 0 Å². The van der Waals surface area contributed by atoms with E-state index in [2.05, 4.69) is 30.7 Å². The average molecular weight is 221 g/mol. The predicted molar refractivity (Wildman–Crippen MR) is 53.9 cm³/mol. The highest BCUT2D eigenvalue weighted by molar-refractivity contribution is 5.90. The Hall–Kier alpha value is -2.25. The molecule has 0 saturated carbocycles. The molecule has 0 aliphatic carbocycles. The van der Waals surface area contributed by atoms with E-state index in [0.29, 0.717) is 5.95 Å². The molecule has 0 aliphatic heterocycles. The van der Waals surface area contributed by atoms with Gasteiger partial charge in [0, 0.05) is 6.04 Å². The molecule has 84 valence electrons. The van der Waals surface area contributed by atoms with Crippen molar-refractivity contribution in [2.75, 3.05) is 0 Å². The van der Waals surface area contributed by atoms with Crippen molar-refractivity contribution in [3.63, 3.8) is 0 Å². The molecule has 2 N–H and O–H groups in total. The van der Waals surface area contributed by atoms with E-state index in [1.165, 1.54) is 17.2 Å². The number of aromatic amines is 1. The van der Waals surface area contributed by atoms with Crippen molar-refractivity contribution in [1.82, 2.24) is 35.3 Å². The highest BCUT2D eigenvalue weighted by atomic mass is 16.2. The standard InChI is InChI=1S/C8H11N7O/c1-5(2)11-7(16)6-12-8(14-13-6)15-3-9-10-4-15/h3-5H,1-2H3,(H,11,16)(H,12,13,14). The van der Waals surface area contributed by atoms with Gasteiger partial charge in [-0.1, -0.05) is 0 Å². The Balaban J connectivity index is 2.17. The number of hydrogen-bond donors (Lipinski definition) is 2. The third-order valence-corrected chi connectivity index (χ3v) is 1.76. The van der Waals surface area contributed by atoms with E-state index in [9.17, 15) is 4.79 Å². The van der Waals surface area contributed by atoms with Crippen LogP contribution in [-0.2, 0) is 0 Å². The van der Waals surface area contributed by atoms with Crippen LogP contribution in [0.1, 0.15) is 24.5 Å². The average Bonchev–Trinajstić information content (AvgIpc) is 2.87. The molecule has 0 saturated heterocycles. The highest BCUT2D eigenvalue weighted by Crippen LogP contribution is 1.98. The van der Waals surface area contributed by atoms with Crippen molar-refractivity contribution in [1.29, 1.82) is 0 Å². The number of nitrogens with one attached hydrogen (secondary N) is 2. The Bertz CT molecular complexity index is 472. The van der Waals surface area contributed by atoms with Crippen molar-refractivity contribution in [2.24, 2.45) is 0 Å². The molecule has 16 heavy (non-hydrogen) atoms. The summed E-state index contributed by atoms with van der Waals surface area (Å²) in [6, 6.07) is 0.0518. The predicted octanol–water partition coefficient (Wildman–Crippen LogP) is -0.476. The minimum absolute atomic E-state index is 0.0518. The SMILES string of the molecule is CC(C)NC(=O)c1nc(-n2cnnc2)n[nH]1. The van der Waals surface area contributed by atoms with E-state index in [-0.39, 0.29) is 17.8 Å². The molecule has 8 heteroatoms. The van der Waals surface area contributed by atoms with E-state index >= 15 is 0 Å². The molecule has 0 aliphatic rings. The lowest BCUT2D eigenvalue weighted by Crippen LogP contribution is -2.30. The van der Waals surface area contributed by atoms with Crippen LogP contribution in [0.2, 0.25) is 0 Å². The first-order chi connectivity index (χ1) is 7.66. The summed E-state index contributed by atoms with van der Waals surface area (Å²) in [5.74, 6) is 0.207. The quantitative estimate of drug-likeness (QED) is 0.729. The Kier molecular flexibility index (Phi) is 2.63. The van der Waals surface area contributed by atoms with Gasteiger partial charge in [0.15, 0.2) is 0 Å². The van der Waals surface area contributed by atoms with Crippen LogP contribution < -0.4 is 5.32 Å². The molecule has 0 spiro atoms. The molecule has 2 aromatic rings. The van der Waals surface area contributed by atoms with E-state index in [1.54, 1.807) is 0 Å². The van der Waals surface area contributed by atoms with Crippen molar-refractivity contribution >= 4 is 5.91 Å². The minimum atomic E-state index is -0.290. The molecule has 2 aromatic heterocycles. The molecule has 0 atom stereocenters.